The van der Waals surface area contributed by atoms with Crippen molar-refractivity contribution in [3.63, 3.8) is 0 Å². The summed E-state index contributed by atoms with van der Waals surface area (Å²) in [6, 6.07) is 3.18. The first-order chi connectivity index (χ1) is 19.4. The Morgan fingerprint density at radius 2 is 1.98 bits per heavy atom. The van der Waals surface area contributed by atoms with Crippen molar-refractivity contribution >= 4 is 17.8 Å². The molecule has 3 heterocycles. The number of amides is 2. The lowest BCUT2D eigenvalue weighted by atomic mass is 9.84. The molecule has 3 aliphatic heterocycles. The lowest BCUT2D eigenvalue weighted by molar-refractivity contribution is -0.144. The van der Waals surface area contributed by atoms with Crippen LogP contribution < -0.4 is 14.2 Å². The summed E-state index contributed by atoms with van der Waals surface area (Å²) < 4.78 is 16.7. The molecular weight excluding hydrogens is 518 g/mol. The minimum Gasteiger partial charge on any atom is -0.493 e. The van der Waals surface area contributed by atoms with Crippen LogP contribution in [0.3, 0.4) is 0 Å². The van der Waals surface area contributed by atoms with Gasteiger partial charge in [0.2, 0.25) is 24.4 Å². The zero-order chi connectivity index (χ0) is 28.6. The molecule has 222 valence electrons. The minimum absolute atomic E-state index is 0.00121. The van der Waals surface area contributed by atoms with Crippen molar-refractivity contribution in [2.75, 3.05) is 59.8 Å². The zero-order valence-corrected chi connectivity index (χ0v) is 23.7. The quantitative estimate of drug-likeness (QED) is 0.352. The minimum atomic E-state index is -0.935. The number of aliphatic hydroxyl groups excluding tert-OH is 1. The van der Waals surface area contributed by atoms with E-state index in [9.17, 15) is 24.6 Å². The molecule has 0 bridgehead atoms. The zero-order valence-electron chi connectivity index (χ0n) is 23.7. The Labute approximate surface area is 236 Å². The number of carbonyl (C=O) groups excluding carboxylic acids is 2. The maximum Gasteiger partial charge on any atom is 0.308 e. The number of benzene rings is 1. The van der Waals surface area contributed by atoms with E-state index in [-0.39, 0.29) is 31.8 Å². The molecule has 40 heavy (non-hydrogen) atoms. The lowest BCUT2D eigenvalue weighted by Crippen LogP contribution is -2.46. The molecular formula is C29H43N3O8. The van der Waals surface area contributed by atoms with Gasteiger partial charge in [0.25, 0.3) is 0 Å². The predicted molar refractivity (Wildman–Crippen MR) is 147 cm³/mol. The molecule has 0 spiro atoms. The molecule has 1 aromatic carbocycles. The molecule has 2 saturated heterocycles. The number of rotatable bonds is 14. The second-order valence-electron chi connectivity index (χ2n) is 10.9. The molecule has 3 atom stereocenters. The van der Waals surface area contributed by atoms with Gasteiger partial charge in [0.1, 0.15) is 0 Å². The van der Waals surface area contributed by atoms with Crippen molar-refractivity contribution < 1.29 is 38.8 Å². The van der Waals surface area contributed by atoms with Gasteiger partial charge in [-0.1, -0.05) is 13.3 Å². The average Bonchev–Trinajstić information content (AvgIpc) is 3.57. The summed E-state index contributed by atoms with van der Waals surface area (Å²) in [6.07, 6.45) is 5.09. The van der Waals surface area contributed by atoms with E-state index in [1.165, 1.54) is 7.11 Å². The molecule has 1 aromatic rings. The second kappa shape index (κ2) is 14.0. The molecule has 0 aromatic heterocycles. The monoisotopic (exact) mass is 561 g/mol. The second-order valence-corrected chi connectivity index (χ2v) is 10.9. The van der Waals surface area contributed by atoms with E-state index < -0.39 is 23.8 Å². The molecule has 0 aliphatic carbocycles. The van der Waals surface area contributed by atoms with Gasteiger partial charge >= 0.3 is 5.97 Å². The number of methoxy groups -OCH3 is 1. The van der Waals surface area contributed by atoms with Gasteiger partial charge in [0.05, 0.1) is 19.6 Å². The van der Waals surface area contributed by atoms with E-state index >= 15 is 0 Å². The van der Waals surface area contributed by atoms with Crippen molar-refractivity contribution in [1.29, 1.82) is 0 Å². The molecule has 2 N–H and O–H groups in total. The number of aliphatic hydroxyl groups is 1. The number of hydrogen-bond acceptors (Lipinski definition) is 8. The Morgan fingerprint density at radius 3 is 2.67 bits per heavy atom. The fourth-order valence-corrected chi connectivity index (χ4v) is 6.19. The number of likely N-dealkylation sites (tertiary alicyclic amines) is 2. The summed E-state index contributed by atoms with van der Waals surface area (Å²) >= 11 is 0. The highest BCUT2D eigenvalue weighted by Crippen LogP contribution is 2.47. The van der Waals surface area contributed by atoms with Crippen LogP contribution in [0, 0.1) is 5.92 Å². The van der Waals surface area contributed by atoms with E-state index in [0.717, 1.165) is 31.2 Å². The van der Waals surface area contributed by atoms with E-state index in [0.29, 0.717) is 69.2 Å². The summed E-state index contributed by atoms with van der Waals surface area (Å²) in [6.45, 7) is 4.77. The number of carbonyl (C=O) groups is 3. The Balaban J connectivity index is 1.62. The van der Waals surface area contributed by atoms with Crippen molar-refractivity contribution in [1.82, 2.24) is 14.7 Å². The Kier molecular flexibility index (Phi) is 10.5. The van der Waals surface area contributed by atoms with Crippen molar-refractivity contribution in [2.24, 2.45) is 5.92 Å². The lowest BCUT2D eigenvalue weighted by Gasteiger charge is -2.32. The van der Waals surface area contributed by atoms with Crippen molar-refractivity contribution in [2.45, 2.75) is 63.8 Å². The Bertz CT molecular complexity index is 1040. The van der Waals surface area contributed by atoms with Gasteiger partial charge in [-0.2, -0.15) is 0 Å². The number of fused-ring (bicyclic) bond motifs is 1. The molecule has 11 nitrogen and oxygen atoms in total. The number of nitrogens with zero attached hydrogens (tertiary/aromatic N) is 3. The topological polar surface area (TPSA) is 129 Å². The Morgan fingerprint density at radius 1 is 1.18 bits per heavy atom. The average molecular weight is 562 g/mol. The number of carboxylic acid groups (broad SMARTS) is 1. The molecule has 2 amide bonds. The van der Waals surface area contributed by atoms with Crippen LogP contribution in [0.2, 0.25) is 0 Å². The summed E-state index contributed by atoms with van der Waals surface area (Å²) in [5, 5.41) is 19.9. The first kappa shape index (κ1) is 29.9. The van der Waals surface area contributed by atoms with Crippen molar-refractivity contribution in [3.05, 3.63) is 17.7 Å². The SMILES string of the molecule is CCCCN(CCCO)C(=O)CN1C[C@H](c2cc(OC)c3c(c2)OCO3)C(C(=O)O)[C@@H]1CCN1CCCCC1=O. The largest absolute Gasteiger partial charge is 0.493 e. The van der Waals surface area contributed by atoms with Gasteiger partial charge in [-0.05, 0) is 49.8 Å². The summed E-state index contributed by atoms with van der Waals surface area (Å²) in [5.74, 6) is -0.628. The van der Waals surface area contributed by atoms with Crippen LogP contribution in [0.1, 0.15) is 63.4 Å². The molecule has 11 heteroatoms. The van der Waals surface area contributed by atoms with Crippen LogP contribution in [0.5, 0.6) is 17.2 Å². The van der Waals surface area contributed by atoms with Crippen LogP contribution in [0.15, 0.2) is 12.1 Å². The smallest absolute Gasteiger partial charge is 0.308 e. The van der Waals surface area contributed by atoms with Gasteiger partial charge in [-0.25, -0.2) is 0 Å². The Hall–Kier alpha value is -3.05. The van der Waals surface area contributed by atoms with E-state index in [2.05, 4.69) is 6.92 Å². The third-order valence-electron chi connectivity index (χ3n) is 8.32. The molecule has 1 unspecified atom stereocenters. The predicted octanol–water partition coefficient (Wildman–Crippen LogP) is 2.31. The molecule has 2 fully saturated rings. The maximum absolute atomic E-state index is 13.5. The van der Waals surface area contributed by atoms with Gasteiger partial charge in [0, 0.05) is 57.7 Å². The number of ether oxygens (including phenoxy) is 3. The fourth-order valence-electron chi connectivity index (χ4n) is 6.19. The highest BCUT2D eigenvalue weighted by atomic mass is 16.7. The third-order valence-corrected chi connectivity index (χ3v) is 8.32. The molecule has 0 saturated carbocycles. The van der Waals surface area contributed by atoms with Gasteiger partial charge < -0.3 is 34.2 Å². The molecule has 0 radical (unpaired) electrons. The first-order valence-electron chi connectivity index (χ1n) is 14.5. The maximum atomic E-state index is 13.5. The van der Waals surface area contributed by atoms with Crippen molar-refractivity contribution in [3.8, 4) is 17.2 Å². The number of aliphatic carboxylic acids is 1. The van der Waals surface area contributed by atoms with Crippen LogP contribution in [0.25, 0.3) is 0 Å². The van der Waals surface area contributed by atoms with Crippen LogP contribution in [0.4, 0.5) is 0 Å². The molecule has 3 aliphatic rings. The fraction of sp³-hybridized carbons (Fsp3) is 0.690. The van der Waals surface area contributed by atoms with E-state index in [1.54, 1.807) is 11.0 Å². The highest BCUT2D eigenvalue weighted by molar-refractivity contribution is 5.79. The van der Waals surface area contributed by atoms with Gasteiger partial charge in [-0.15, -0.1) is 0 Å². The van der Waals surface area contributed by atoms with E-state index in [1.807, 2.05) is 15.9 Å². The summed E-state index contributed by atoms with van der Waals surface area (Å²) in [7, 11) is 1.53. The normalized spacial score (nSPS) is 22.5. The number of unbranched alkanes of at least 4 members (excludes halogenated alkanes) is 1. The standard InChI is InChI=1S/C29H43N3O8/c1-3-4-10-30(12-7-14-33)26(35)18-32-17-21(20-15-23(38-2)28-24(16-20)39-19-40-28)27(29(36)37)22(32)9-13-31-11-6-5-8-25(31)34/h15-16,21-22,27,33H,3-14,17-19H2,1-2H3,(H,36,37)/t21-,22+,27?/m1/s1. The van der Waals surface area contributed by atoms with Crippen LogP contribution >= 0.6 is 0 Å². The van der Waals surface area contributed by atoms with E-state index in [4.69, 9.17) is 14.2 Å². The number of carboxylic acids is 1. The summed E-state index contributed by atoms with van der Waals surface area (Å²) in [4.78, 5) is 44.4. The number of hydrogen-bond donors (Lipinski definition) is 2. The highest BCUT2D eigenvalue weighted by Gasteiger charge is 2.48. The van der Waals surface area contributed by atoms with Crippen LogP contribution in [-0.2, 0) is 14.4 Å². The van der Waals surface area contributed by atoms with Gasteiger partial charge in [0.15, 0.2) is 11.5 Å². The number of piperidine rings is 1. The molecule has 4 rings (SSSR count). The van der Waals surface area contributed by atoms with Gasteiger partial charge in [-0.3, -0.25) is 19.3 Å². The first-order valence-corrected chi connectivity index (χ1v) is 14.5. The summed E-state index contributed by atoms with van der Waals surface area (Å²) in [5.41, 5.74) is 0.755. The van der Waals surface area contributed by atoms with Crippen LogP contribution in [-0.4, -0.2) is 109 Å². The third kappa shape index (κ3) is 6.80.